The number of hydrogen-bond acceptors (Lipinski definition) is 6. The fourth-order valence-electron chi connectivity index (χ4n) is 2.81. The number of tetrazole rings is 1. The van der Waals surface area contributed by atoms with Gasteiger partial charge in [0, 0.05) is 24.3 Å². The van der Waals surface area contributed by atoms with E-state index in [0.29, 0.717) is 37.2 Å². The molecule has 0 bridgehead atoms. The van der Waals surface area contributed by atoms with Crippen LogP contribution in [0.5, 0.6) is 0 Å². The highest BCUT2D eigenvalue weighted by Crippen LogP contribution is 2.20. The van der Waals surface area contributed by atoms with Crippen molar-refractivity contribution in [1.29, 1.82) is 0 Å². The smallest absolute Gasteiger partial charge is 0.306 e. The predicted molar refractivity (Wildman–Crippen MR) is 89.2 cm³/mol. The van der Waals surface area contributed by atoms with Gasteiger partial charge in [-0.1, -0.05) is 0 Å². The van der Waals surface area contributed by atoms with Gasteiger partial charge >= 0.3 is 5.97 Å². The quantitative estimate of drug-likeness (QED) is 0.783. The maximum Gasteiger partial charge on any atom is 0.306 e. The molecular weight excluding hydrogens is 340 g/mol. The van der Waals surface area contributed by atoms with Gasteiger partial charge in [0.25, 0.3) is 5.91 Å². The van der Waals surface area contributed by atoms with Crippen LogP contribution in [0.4, 0.5) is 5.69 Å². The molecule has 10 nitrogen and oxygen atoms in total. The molecule has 1 aromatic heterocycles. The molecule has 1 aliphatic rings. The number of nitrogens with zero attached hydrogens (tertiary/aromatic N) is 5. The second-order valence-electron chi connectivity index (χ2n) is 6.04. The molecule has 0 saturated carbocycles. The number of carbonyl (C=O) groups excluding carboxylic acids is 2. The molecule has 10 heteroatoms. The van der Waals surface area contributed by atoms with Crippen molar-refractivity contribution in [2.75, 3.05) is 18.4 Å². The van der Waals surface area contributed by atoms with Crippen LogP contribution in [0.15, 0.2) is 30.6 Å². The van der Waals surface area contributed by atoms with E-state index >= 15 is 0 Å². The maximum absolute atomic E-state index is 12.5. The van der Waals surface area contributed by atoms with Gasteiger partial charge in [0.2, 0.25) is 5.91 Å². The molecule has 0 spiro atoms. The molecule has 1 fully saturated rings. The first-order valence-corrected chi connectivity index (χ1v) is 8.15. The summed E-state index contributed by atoms with van der Waals surface area (Å²) in [4.78, 5) is 37.0. The van der Waals surface area contributed by atoms with E-state index in [-0.39, 0.29) is 24.3 Å². The van der Waals surface area contributed by atoms with Gasteiger partial charge in [-0.25, -0.2) is 4.68 Å². The summed E-state index contributed by atoms with van der Waals surface area (Å²) < 4.78 is 1.30. The van der Waals surface area contributed by atoms with E-state index in [4.69, 9.17) is 5.11 Å². The zero-order valence-electron chi connectivity index (χ0n) is 13.9. The number of rotatable bonds is 5. The van der Waals surface area contributed by atoms with Crippen molar-refractivity contribution in [3.8, 4) is 0 Å². The van der Waals surface area contributed by atoms with Crippen LogP contribution in [-0.2, 0) is 16.1 Å². The summed E-state index contributed by atoms with van der Waals surface area (Å²) in [5.74, 6) is -1.61. The number of benzene rings is 1. The van der Waals surface area contributed by atoms with Crippen molar-refractivity contribution in [3.63, 3.8) is 0 Å². The summed E-state index contributed by atoms with van der Waals surface area (Å²) in [7, 11) is 0. The molecule has 26 heavy (non-hydrogen) atoms. The second-order valence-corrected chi connectivity index (χ2v) is 6.04. The number of nitrogens with one attached hydrogen (secondary N) is 1. The Morgan fingerprint density at radius 1 is 1.15 bits per heavy atom. The fraction of sp³-hybridized carbons (Fsp3) is 0.375. The van der Waals surface area contributed by atoms with Crippen molar-refractivity contribution in [2.45, 2.75) is 19.4 Å². The number of carboxylic acids is 1. The number of carboxylic acid groups (broad SMARTS) is 1. The Labute approximate surface area is 148 Å². The molecule has 0 radical (unpaired) electrons. The van der Waals surface area contributed by atoms with Crippen molar-refractivity contribution in [1.82, 2.24) is 25.1 Å². The van der Waals surface area contributed by atoms with E-state index in [9.17, 15) is 14.4 Å². The zero-order chi connectivity index (χ0) is 18.5. The Hall–Kier alpha value is -3.30. The number of carbonyl (C=O) groups is 3. The summed E-state index contributed by atoms with van der Waals surface area (Å²) in [6, 6.07) is 6.57. The summed E-state index contributed by atoms with van der Waals surface area (Å²) in [5.41, 5.74) is 1.06. The molecule has 2 aromatic rings. The first kappa shape index (κ1) is 17.5. The van der Waals surface area contributed by atoms with E-state index < -0.39 is 5.97 Å². The van der Waals surface area contributed by atoms with Crippen molar-refractivity contribution in [2.24, 2.45) is 5.92 Å². The Balaban J connectivity index is 1.54. The lowest BCUT2D eigenvalue weighted by Crippen LogP contribution is -2.40. The Kier molecular flexibility index (Phi) is 5.20. The third kappa shape index (κ3) is 4.21. The largest absolute Gasteiger partial charge is 0.481 e. The maximum atomic E-state index is 12.5. The first-order valence-electron chi connectivity index (χ1n) is 8.15. The molecule has 1 aliphatic heterocycles. The van der Waals surface area contributed by atoms with E-state index in [1.165, 1.54) is 11.0 Å². The number of aromatic nitrogens is 4. The standard InChI is InChI=1S/C16H18N6O4/c23-14(9-22-10-17-19-20-22)18-13-3-1-11(2-4-13)15(24)21-7-5-12(6-8-21)16(25)26/h1-4,10,12H,5-9H2,(H,18,23)(H,25,26). The van der Waals surface area contributed by atoms with Crippen molar-refractivity contribution in [3.05, 3.63) is 36.2 Å². The second kappa shape index (κ2) is 7.72. The lowest BCUT2D eigenvalue weighted by atomic mass is 9.96. The number of anilines is 1. The minimum absolute atomic E-state index is 0.00773. The van der Waals surface area contributed by atoms with Crippen LogP contribution in [0.2, 0.25) is 0 Å². The molecule has 3 rings (SSSR count). The number of piperidine rings is 1. The van der Waals surface area contributed by atoms with Crippen molar-refractivity contribution >= 4 is 23.5 Å². The summed E-state index contributed by atoms with van der Waals surface area (Å²) in [6.45, 7) is 0.854. The van der Waals surface area contributed by atoms with Gasteiger partial charge < -0.3 is 15.3 Å². The zero-order valence-corrected chi connectivity index (χ0v) is 13.9. The van der Waals surface area contributed by atoms with Crippen molar-refractivity contribution < 1.29 is 19.5 Å². The Morgan fingerprint density at radius 3 is 2.42 bits per heavy atom. The molecule has 1 saturated heterocycles. The third-order valence-electron chi connectivity index (χ3n) is 4.24. The van der Waals surface area contributed by atoms with Crippen LogP contribution in [0, 0.1) is 5.92 Å². The van der Waals surface area contributed by atoms with E-state index in [2.05, 4.69) is 20.8 Å². The average molecular weight is 358 g/mol. The summed E-state index contributed by atoms with van der Waals surface area (Å²) in [6.07, 6.45) is 2.27. The van der Waals surface area contributed by atoms with Gasteiger partial charge in [-0.3, -0.25) is 14.4 Å². The molecule has 2 amide bonds. The minimum atomic E-state index is -0.807. The predicted octanol–water partition coefficient (Wildman–Crippen LogP) is 0.249. The van der Waals surface area contributed by atoms with Gasteiger partial charge in [-0.05, 0) is 47.5 Å². The first-order chi connectivity index (χ1) is 12.5. The molecule has 2 N–H and O–H groups in total. The molecule has 1 aromatic carbocycles. The monoisotopic (exact) mass is 358 g/mol. The highest BCUT2D eigenvalue weighted by atomic mass is 16.4. The topological polar surface area (TPSA) is 130 Å². The van der Waals surface area contributed by atoms with Gasteiger partial charge in [0.05, 0.1) is 5.92 Å². The molecule has 0 aliphatic carbocycles. The number of aliphatic carboxylic acids is 1. The van der Waals surface area contributed by atoms with Crippen LogP contribution in [0.25, 0.3) is 0 Å². The molecule has 136 valence electrons. The fourth-order valence-corrected chi connectivity index (χ4v) is 2.81. The van der Waals surface area contributed by atoms with Gasteiger partial charge in [0.15, 0.2) is 0 Å². The van der Waals surface area contributed by atoms with Crippen LogP contribution >= 0.6 is 0 Å². The average Bonchev–Trinajstić information content (AvgIpc) is 3.14. The summed E-state index contributed by atoms with van der Waals surface area (Å²) in [5, 5.41) is 22.2. The van der Waals surface area contributed by atoms with E-state index in [0.717, 1.165) is 0 Å². The number of hydrogen-bond donors (Lipinski definition) is 2. The highest BCUT2D eigenvalue weighted by Gasteiger charge is 2.27. The van der Waals surface area contributed by atoms with E-state index in [1.54, 1.807) is 29.2 Å². The number of amides is 2. The van der Waals surface area contributed by atoms with Crippen LogP contribution in [0.3, 0.4) is 0 Å². The van der Waals surface area contributed by atoms with Crippen LogP contribution < -0.4 is 5.32 Å². The Morgan fingerprint density at radius 2 is 1.85 bits per heavy atom. The minimum Gasteiger partial charge on any atom is -0.481 e. The van der Waals surface area contributed by atoms with Gasteiger partial charge in [0.1, 0.15) is 12.9 Å². The SMILES string of the molecule is O=C(Cn1cnnn1)Nc1ccc(C(=O)N2CCC(C(=O)O)CC2)cc1. The van der Waals surface area contributed by atoms with Crippen LogP contribution in [-0.4, -0.2) is 61.1 Å². The Bertz CT molecular complexity index is 782. The van der Waals surface area contributed by atoms with Crippen LogP contribution in [0.1, 0.15) is 23.2 Å². The summed E-state index contributed by atoms with van der Waals surface area (Å²) >= 11 is 0. The lowest BCUT2D eigenvalue weighted by Gasteiger charge is -2.30. The molecule has 0 unspecified atom stereocenters. The molecule has 2 heterocycles. The molecular formula is C16H18N6O4. The lowest BCUT2D eigenvalue weighted by molar-refractivity contribution is -0.143. The van der Waals surface area contributed by atoms with Gasteiger partial charge in [-0.15, -0.1) is 5.10 Å². The number of likely N-dealkylation sites (tertiary alicyclic amines) is 1. The van der Waals surface area contributed by atoms with Gasteiger partial charge in [-0.2, -0.15) is 0 Å². The van der Waals surface area contributed by atoms with E-state index in [1.807, 2.05) is 0 Å². The molecule has 0 atom stereocenters. The normalized spacial score (nSPS) is 14.8. The highest BCUT2D eigenvalue weighted by molar-refractivity contribution is 5.96. The third-order valence-corrected chi connectivity index (χ3v) is 4.24.